The Balaban J connectivity index is 1.85. The third kappa shape index (κ3) is 2.58. The molecule has 1 aliphatic heterocycles. The van der Waals surface area contributed by atoms with Gasteiger partial charge in [-0.1, -0.05) is 6.08 Å². The lowest BCUT2D eigenvalue weighted by Gasteiger charge is -2.22. The van der Waals surface area contributed by atoms with Gasteiger partial charge in [-0.05, 0) is 42.0 Å². The fourth-order valence-corrected chi connectivity index (χ4v) is 2.22. The maximum atomic E-state index is 10.7. The van der Waals surface area contributed by atoms with Gasteiger partial charge in [-0.25, -0.2) is 0 Å². The van der Waals surface area contributed by atoms with Crippen LogP contribution in [0.1, 0.15) is 17.2 Å². The van der Waals surface area contributed by atoms with Gasteiger partial charge in [0.25, 0.3) is 5.69 Å². The molecule has 5 heteroatoms. The maximum Gasteiger partial charge on any atom is 0.269 e. The number of hydrogen-bond acceptors (Lipinski definition) is 4. The van der Waals surface area contributed by atoms with Crippen molar-refractivity contribution in [1.82, 2.24) is 0 Å². The van der Waals surface area contributed by atoms with Crippen LogP contribution in [0, 0.1) is 10.1 Å². The molecule has 2 aromatic carbocycles. The van der Waals surface area contributed by atoms with Crippen molar-refractivity contribution in [3.63, 3.8) is 0 Å². The standard InChI is InChI=1S/C16H13NO4/c1-20-14-7-9-16-12(10-14)4-8-15(21-16)11-2-5-13(6-3-11)17(18)19/h2-10,15H,1H3/t15-/m1/s1. The molecule has 0 aromatic heterocycles. The summed E-state index contributed by atoms with van der Waals surface area (Å²) < 4.78 is 11.1. The molecule has 2 aromatic rings. The van der Waals surface area contributed by atoms with Gasteiger partial charge in [0.15, 0.2) is 0 Å². The first-order chi connectivity index (χ1) is 10.2. The Kier molecular flexibility index (Phi) is 3.31. The van der Waals surface area contributed by atoms with Crippen LogP contribution in [0.2, 0.25) is 0 Å². The number of hydrogen-bond donors (Lipinski definition) is 0. The second-order valence-corrected chi connectivity index (χ2v) is 4.65. The van der Waals surface area contributed by atoms with Gasteiger partial charge in [-0.2, -0.15) is 0 Å². The van der Waals surface area contributed by atoms with Gasteiger partial charge in [0.2, 0.25) is 0 Å². The Morgan fingerprint density at radius 1 is 1.19 bits per heavy atom. The Labute approximate surface area is 121 Å². The summed E-state index contributed by atoms with van der Waals surface area (Å²) in [5.74, 6) is 1.54. The molecule has 0 aliphatic carbocycles. The maximum absolute atomic E-state index is 10.7. The number of nitrogens with zero attached hydrogens (tertiary/aromatic N) is 1. The molecule has 21 heavy (non-hydrogen) atoms. The van der Waals surface area contributed by atoms with Crippen LogP contribution in [0.5, 0.6) is 11.5 Å². The molecule has 0 saturated heterocycles. The molecule has 0 unspecified atom stereocenters. The van der Waals surface area contributed by atoms with Crippen molar-refractivity contribution in [2.24, 2.45) is 0 Å². The summed E-state index contributed by atoms with van der Waals surface area (Å²) in [7, 11) is 1.62. The van der Waals surface area contributed by atoms with Crippen molar-refractivity contribution in [2.45, 2.75) is 6.10 Å². The van der Waals surface area contributed by atoms with E-state index < -0.39 is 4.92 Å². The molecular weight excluding hydrogens is 270 g/mol. The molecule has 0 bridgehead atoms. The lowest BCUT2D eigenvalue weighted by atomic mass is 10.0. The van der Waals surface area contributed by atoms with Crippen LogP contribution in [-0.2, 0) is 0 Å². The summed E-state index contributed by atoms with van der Waals surface area (Å²) in [6.07, 6.45) is 3.64. The quantitative estimate of drug-likeness (QED) is 0.635. The topological polar surface area (TPSA) is 61.6 Å². The zero-order valence-electron chi connectivity index (χ0n) is 11.4. The van der Waals surface area contributed by atoms with E-state index in [1.807, 2.05) is 30.4 Å². The summed E-state index contributed by atoms with van der Waals surface area (Å²) in [5.41, 5.74) is 1.90. The van der Waals surface area contributed by atoms with Crippen LogP contribution >= 0.6 is 0 Å². The molecule has 3 rings (SSSR count). The van der Waals surface area contributed by atoms with Crippen molar-refractivity contribution in [3.05, 3.63) is 69.8 Å². The highest BCUT2D eigenvalue weighted by atomic mass is 16.6. The highest BCUT2D eigenvalue weighted by molar-refractivity contribution is 5.62. The van der Waals surface area contributed by atoms with Crippen molar-refractivity contribution in [3.8, 4) is 11.5 Å². The first kappa shape index (κ1) is 13.2. The fourth-order valence-electron chi connectivity index (χ4n) is 2.22. The van der Waals surface area contributed by atoms with Gasteiger partial charge >= 0.3 is 0 Å². The summed E-state index contributed by atoms with van der Waals surface area (Å²) in [6.45, 7) is 0. The van der Waals surface area contributed by atoms with Crippen molar-refractivity contribution in [2.75, 3.05) is 7.11 Å². The Bertz CT molecular complexity index is 707. The molecule has 0 N–H and O–H groups in total. The highest BCUT2D eigenvalue weighted by Crippen LogP contribution is 2.35. The van der Waals surface area contributed by atoms with Crippen molar-refractivity contribution in [1.29, 1.82) is 0 Å². The van der Waals surface area contributed by atoms with E-state index in [1.165, 1.54) is 12.1 Å². The molecule has 106 valence electrons. The van der Waals surface area contributed by atoms with Gasteiger partial charge in [0.1, 0.15) is 17.6 Å². The average Bonchev–Trinajstić information content (AvgIpc) is 2.54. The predicted molar refractivity (Wildman–Crippen MR) is 78.5 cm³/mol. The van der Waals surface area contributed by atoms with Crippen molar-refractivity contribution < 1.29 is 14.4 Å². The molecule has 1 aliphatic rings. The molecule has 0 fully saturated rings. The first-order valence-electron chi connectivity index (χ1n) is 6.44. The summed E-state index contributed by atoms with van der Waals surface area (Å²) in [5, 5.41) is 10.7. The lowest BCUT2D eigenvalue weighted by Crippen LogP contribution is -2.09. The smallest absolute Gasteiger partial charge is 0.269 e. The largest absolute Gasteiger partial charge is 0.497 e. The number of rotatable bonds is 3. The minimum Gasteiger partial charge on any atom is -0.497 e. The van der Waals surface area contributed by atoms with Gasteiger partial charge in [-0.15, -0.1) is 0 Å². The first-order valence-corrected chi connectivity index (χ1v) is 6.44. The molecule has 1 atom stereocenters. The Morgan fingerprint density at radius 3 is 2.62 bits per heavy atom. The summed E-state index contributed by atoms with van der Waals surface area (Å²) >= 11 is 0. The predicted octanol–water partition coefficient (Wildman–Crippen LogP) is 3.75. The monoisotopic (exact) mass is 283 g/mol. The second-order valence-electron chi connectivity index (χ2n) is 4.65. The molecule has 0 saturated carbocycles. The van der Waals surface area contributed by atoms with E-state index >= 15 is 0 Å². The van der Waals surface area contributed by atoms with E-state index in [9.17, 15) is 10.1 Å². The zero-order valence-corrected chi connectivity index (χ0v) is 11.4. The number of methoxy groups -OCH3 is 1. The second kappa shape index (κ2) is 5.28. The van der Waals surface area contributed by atoms with Crippen LogP contribution in [0.3, 0.4) is 0 Å². The Hall–Kier alpha value is -2.82. The van der Waals surface area contributed by atoms with Crippen LogP contribution < -0.4 is 9.47 Å². The van der Waals surface area contributed by atoms with Gasteiger partial charge < -0.3 is 9.47 Å². The number of non-ortho nitro benzene ring substituents is 1. The third-order valence-corrected chi connectivity index (χ3v) is 3.35. The Morgan fingerprint density at radius 2 is 1.95 bits per heavy atom. The van der Waals surface area contributed by atoms with Crippen molar-refractivity contribution >= 4 is 11.8 Å². The SMILES string of the molecule is COc1ccc2c(c1)C=C[C@H](c1ccc([N+](=O)[O-])cc1)O2. The number of fused-ring (bicyclic) bond motifs is 1. The lowest BCUT2D eigenvalue weighted by molar-refractivity contribution is -0.384. The average molecular weight is 283 g/mol. The summed E-state index contributed by atoms with van der Waals surface area (Å²) in [4.78, 5) is 10.2. The molecule has 0 spiro atoms. The van der Waals surface area contributed by atoms with E-state index in [1.54, 1.807) is 19.2 Å². The zero-order chi connectivity index (χ0) is 14.8. The van der Waals surface area contributed by atoms with Gasteiger partial charge in [0.05, 0.1) is 12.0 Å². The van der Waals surface area contributed by atoms with E-state index in [4.69, 9.17) is 9.47 Å². The number of benzene rings is 2. The molecular formula is C16H13NO4. The third-order valence-electron chi connectivity index (χ3n) is 3.35. The summed E-state index contributed by atoms with van der Waals surface area (Å²) in [6, 6.07) is 12.0. The number of nitro benzene ring substituents is 1. The number of nitro groups is 1. The normalized spacial score (nSPS) is 16.0. The van der Waals surface area contributed by atoms with Gasteiger partial charge in [-0.3, -0.25) is 10.1 Å². The van der Waals surface area contributed by atoms with Gasteiger partial charge in [0, 0.05) is 17.7 Å². The van der Waals surface area contributed by atoms with Crippen LogP contribution in [0.25, 0.3) is 6.08 Å². The highest BCUT2D eigenvalue weighted by Gasteiger charge is 2.17. The van der Waals surface area contributed by atoms with E-state index in [-0.39, 0.29) is 11.8 Å². The van der Waals surface area contributed by atoms with E-state index in [0.717, 1.165) is 22.6 Å². The van der Waals surface area contributed by atoms with E-state index in [0.29, 0.717) is 0 Å². The molecule has 0 radical (unpaired) electrons. The van der Waals surface area contributed by atoms with E-state index in [2.05, 4.69) is 0 Å². The van der Waals surface area contributed by atoms with Crippen LogP contribution in [0.15, 0.2) is 48.5 Å². The number of ether oxygens (including phenoxy) is 2. The van der Waals surface area contributed by atoms with Crippen LogP contribution in [-0.4, -0.2) is 12.0 Å². The molecule has 0 amide bonds. The molecule has 1 heterocycles. The minimum atomic E-state index is -0.414. The van der Waals surface area contributed by atoms with Crippen LogP contribution in [0.4, 0.5) is 5.69 Å². The fraction of sp³-hybridized carbons (Fsp3) is 0.125. The minimum absolute atomic E-state index is 0.0728. The molecule has 5 nitrogen and oxygen atoms in total.